The molecule has 0 aromatic heterocycles. The monoisotopic (exact) mass is 306 g/mol. The van der Waals surface area contributed by atoms with Crippen LogP contribution in [0.15, 0.2) is 0 Å². The maximum Gasteiger partial charge on any atom is 0 e. The van der Waals surface area contributed by atoms with Crippen LogP contribution in [0.1, 0.15) is 0 Å². The van der Waals surface area contributed by atoms with Gasteiger partial charge in [-0.1, -0.05) is 0 Å². The molecule has 0 unspecified atom stereocenters. The van der Waals surface area contributed by atoms with Crippen LogP contribution in [0.5, 0.6) is 0 Å². The average molecular weight is 306 g/mol. The standard InChI is InChI=1S/Cu.La.O.Sr. The van der Waals surface area contributed by atoms with Crippen molar-refractivity contribution in [1.82, 2.24) is 0 Å². The molecule has 0 aliphatic heterocycles. The molecule has 0 aliphatic rings. The minimum Gasteiger partial charge on any atom is 0 e. The summed E-state index contributed by atoms with van der Waals surface area (Å²) in [6.45, 7) is 0. The van der Waals surface area contributed by atoms with E-state index in [0.717, 1.165) is 0 Å². The van der Waals surface area contributed by atoms with E-state index in [0.29, 0.717) is 0 Å². The van der Waals surface area contributed by atoms with Crippen LogP contribution in [-0.2, 0) is 19.8 Å². The summed E-state index contributed by atoms with van der Waals surface area (Å²) in [5.41, 5.74) is 0. The van der Waals surface area contributed by atoms with Crippen molar-refractivity contribution < 1.29 is 55.4 Å². The van der Waals surface area contributed by atoms with E-state index in [1.54, 1.807) is 0 Å². The van der Waals surface area contributed by atoms with Crippen LogP contribution < -0.4 is 0 Å². The second-order valence-corrected chi connectivity index (χ2v) is 0. The Bertz CT molecular complexity index is 8.00. The van der Waals surface area contributed by atoms with Gasteiger partial charge in [-0.3, -0.25) is 0 Å². The first-order chi connectivity index (χ1) is 1.00. The molecule has 0 fully saturated rings. The molecule has 0 N–H and O–H groups in total. The Morgan fingerprint density at radius 1 is 1.25 bits per heavy atom. The molecule has 0 bridgehead atoms. The maximum absolute atomic E-state index is 7.81. The van der Waals surface area contributed by atoms with E-state index >= 15 is 0 Å². The Labute approximate surface area is 98.2 Å². The second-order valence-electron chi connectivity index (χ2n) is 0. The van der Waals surface area contributed by atoms with Crippen molar-refractivity contribution in [2.24, 2.45) is 0 Å². The zero-order valence-electron chi connectivity index (χ0n) is 1.99. The van der Waals surface area contributed by atoms with Crippen molar-refractivity contribution >= 4 is 45.5 Å². The summed E-state index contributed by atoms with van der Waals surface area (Å²) < 4.78 is 7.81. The van der Waals surface area contributed by atoms with Crippen molar-refractivity contribution in [3.05, 3.63) is 0 Å². The molecule has 0 saturated carbocycles. The zero-order valence-corrected chi connectivity index (χ0v) is 10.0. The third kappa shape index (κ3) is 8.89. The Balaban J connectivity index is -0.00000000500. The fraction of sp³-hybridized carbons (Fsp3) is 0. The smallest absolute Gasteiger partial charge is 0 e. The predicted molar refractivity (Wildman–Crippen MR) is 6.44 cm³/mol. The number of hydrogen-bond donors (Lipinski definition) is 0. The van der Waals surface area contributed by atoms with Gasteiger partial charge in [-0.05, 0) is 0 Å². The first-order valence-corrected chi connectivity index (χ1v) is 0.508. The van der Waals surface area contributed by atoms with Crippen LogP contribution in [0.25, 0.3) is 0 Å². The van der Waals surface area contributed by atoms with Gasteiger partial charge in [0.25, 0.3) is 0 Å². The van der Waals surface area contributed by atoms with Gasteiger partial charge in [0.05, 0.1) is 0 Å². The van der Waals surface area contributed by atoms with Crippen LogP contribution >= 0.6 is 0 Å². The molecule has 0 atom stereocenters. The minimum absolute atomic E-state index is 0. The summed E-state index contributed by atoms with van der Waals surface area (Å²) >= 11 is 2.94. The van der Waals surface area contributed by atoms with Gasteiger partial charge in [-0.2, -0.15) is 0 Å². The van der Waals surface area contributed by atoms with E-state index in [9.17, 15) is 0 Å². The molecule has 4 heteroatoms. The third-order valence-corrected chi connectivity index (χ3v) is 0. The van der Waals surface area contributed by atoms with Gasteiger partial charge in [0.2, 0.25) is 0 Å². The van der Waals surface area contributed by atoms with Crippen molar-refractivity contribution in [3.8, 4) is 0 Å². The van der Waals surface area contributed by atoms with Gasteiger partial charge >= 0.3 is 19.8 Å². The topological polar surface area (TPSA) is 17.1 Å². The minimum atomic E-state index is 0. The van der Waals surface area contributed by atoms with E-state index in [-0.39, 0.29) is 81.1 Å². The molecular formula is CuLaOSr. The second kappa shape index (κ2) is 16.7. The Kier molecular flexibility index (Phi) is 65.7. The van der Waals surface area contributed by atoms with Crippen LogP contribution in [0, 0.1) is 35.6 Å². The molecule has 0 saturated heterocycles. The number of hydrogen-bond acceptors (Lipinski definition) is 1. The van der Waals surface area contributed by atoms with Crippen molar-refractivity contribution in [2.45, 2.75) is 0 Å². The van der Waals surface area contributed by atoms with Gasteiger partial charge in [0, 0.05) is 81.1 Å². The van der Waals surface area contributed by atoms with E-state index in [4.69, 9.17) is 3.83 Å². The largest absolute Gasteiger partial charge is 0 e. The molecular weight excluding hydrogens is 306 g/mol. The Morgan fingerprint density at radius 2 is 1.25 bits per heavy atom. The summed E-state index contributed by atoms with van der Waals surface area (Å²) in [6, 6.07) is 0. The molecule has 0 amide bonds. The maximum atomic E-state index is 7.81. The molecule has 22 valence electrons. The summed E-state index contributed by atoms with van der Waals surface area (Å²) in [4.78, 5) is 0. The normalized spacial score (nSPS) is 1.50. The summed E-state index contributed by atoms with van der Waals surface area (Å²) in [6.07, 6.45) is 0. The van der Waals surface area contributed by atoms with E-state index in [1.165, 1.54) is 0 Å². The van der Waals surface area contributed by atoms with Gasteiger partial charge < -0.3 is 0 Å². The Hall–Kier alpha value is 2.99. The van der Waals surface area contributed by atoms with Crippen LogP contribution in [0.2, 0.25) is 0 Å². The molecule has 0 aliphatic carbocycles. The molecule has 0 spiro atoms. The van der Waals surface area contributed by atoms with Crippen LogP contribution in [0.4, 0.5) is 0 Å². The van der Waals surface area contributed by atoms with Gasteiger partial charge in [0.15, 0.2) is 0 Å². The summed E-state index contributed by atoms with van der Waals surface area (Å²) in [7, 11) is 0. The van der Waals surface area contributed by atoms with Crippen LogP contribution in [-0.4, -0.2) is 45.5 Å². The van der Waals surface area contributed by atoms with Gasteiger partial charge in [0.1, 0.15) is 0 Å². The summed E-state index contributed by atoms with van der Waals surface area (Å²) in [5, 5.41) is 0. The SMILES string of the molecule is [La].[O]=[Cu].[Sr]. The first-order valence-electron chi connectivity index (χ1n) is 0.123. The fourth-order valence-electron chi connectivity index (χ4n) is 0. The number of rotatable bonds is 0. The molecule has 4 heavy (non-hydrogen) atoms. The molecule has 0 aromatic rings. The van der Waals surface area contributed by atoms with E-state index in [2.05, 4.69) is 15.9 Å². The van der Waals surface area contributed by atoms with Gasteiger partial charge in [-0.15, -0.1) is 0 Å². The van der Waals surface area contributed by atoms with Gasteiger partial charge in [-0.25, -0.2) is 0 Å². The first kappa shape index (κ1) is 15.8. The molecule has 0 heterocycles. The summed E-state index contributed by atoms with van der Waals surface area (Å²) in [5.74, 6) is 0. The molecule has 0 rings (SSSR count). The van der Waals surface area contributed by atoms with Crippen LogP contribution in [0.3, 0.4) is 0 Å². The van der Waals surface area contributed by atoms with Crippen molar-refractivity contribution in [2.75, 3.05) is 0 Å². The molecule has 3 radical (unpaired) electrons. The zero-order chi connectivity index (χ0) is 2.00. The average Bonchev–Trinajstić information content (AvgIpc) is 1.00. The Morgan fingerprint density at radius 3 is 1.25 bits per heavy atom. The van der Waals surface area contributed by atoms with Crippen molar-refractivity contribution in [1.29, 1.82) is 0 Å². The molecule has 0 aromatic carbocycles. The third-order valence-electron chi connectivity index (χ3n) is 0. The van der Waals surface area contributed by atoms with E-state index < -0.39 is 0 Å². The molecule has 1 nitrogen and oxygen atoms in total. The van der Waals surface area contributed by atoms with Crippen molar-refractivity contribution in [3.63, 3.8) is 0 Å². The fourth-order valence-corrected chi connectivity index (χ4v) is 0. The van der Waals surface area contributed by atoms with E-state index in [1.807, 2.05) is 0 Å². The quantitative estimate of drug-likeness (QED) is 0.552. The predicted octanol–water partition coefficient (Wildman–Crippen LogP) is -0.502.